The molecule has 1 amide bonds. The number of aliphatic carboxylic acids is 1. The lowest BCUT2D eigenvalue weighted by Gasteiger charge is -2.58. The summed E-state index contributed by atoms with van der Waals surface area (Å²) >= 11 is 0. The lowest BCUT2D eigenvalue weighted by molar-refractivity contribution is -0.284. The minimum atomic E-state index is -1.45. The first-order chi connectivity index (χ1) is 22.8. The van der Waals surface area contributed by atoms with Gasteiger partial charge in [0.2, 0.25) is 5.91 Å². The van der Waals surface area contributed by atoms with E-state index in [9.17, 15) is 24.9 Å². The van der Waals surface area contributed by atoms with Gasteiger partial charge in [-0.05, 0) is 91.8 Å². The van der Waals surface area contributed by atoms with Gasteiger partial charge in [0.1, 0.15) is 24.4 Å². The molecule has 5 N–H and O–H groups in total. The molecular formula is C37H57NO10. The molecule has 3 aliphatic heterocycles. The maximum Gasteiger partial charge on any atom is 0.303 e. The molecule has 11 heteroatoms. The predicted molar refractivity (Wildman–Crippen MR) is 173 cm³/mol. The first-order valence-electron chi connectivity index (χ1n) is 18.6. The fourth-order valence-electron chi connectivity index (χ4n) is 11.8. The number of ether oxygens (including phenoxy) is 4. The van der Waals surface area contributed by atoms with Gasteiger partial charge in [-0.2, -0.15) is 0 Å². The number of carbonyl (C=O) groups is 2. The molecule has 0 aromatic carbocycles. The molecule has 3 saturated heterocycles. The van der Waals surface area contributed by atoms with E-state index in [0.29, 0.717) is 41.9 Å². The summed E-state index contributed by atoms with van der Waals surface area (Å²) in [6, 6.07) is -1.11. The highest BCUT2D eigenvalue weighted by Gasteiger charge is 2.68. The van der Waals surface area contributed by atoms with E-state index in [0.717, 1.165) is 38.7 Å². The summed E-state index contributed by atoms with van der Waals surface area (Å²) in [5, 5.41) is 42.8. The topological polar surface area (TPSA) is 164 Å². The Balaban J connectivity index is 1.04. The van der Waals surface area contributed by atoms with Crippen LogP contribution in [0, 0.1) is 46.3 Å². The highest BCUT2D eigenvalue weighted by atomic mass is 16.7. The van der Waals surface area contributed by atoms with Crippen LogP contribution in [0.2, 0.25) is 0 Å². The van der Waals surface area contributed by atoms with Gasteiger partial charge in [-0.25, -0.2) is 0 Å². The Kier molecular flexibility index (Phi) is 9.34. The average molecular weight is 676 g/mol. The van der Waals surface area contributed by atoms with E-state index in [1.54, 1.807) is 0 Å². The van der Waals surface area contributed by atoms with Crippen LogP contribution in [0.4, 0.5) is 0 Å². The summed E-state index contributed by atoms with van der Waals surface area (Å²) in [4.78, 5) is 23.5. The highest BCUT2D eigenvalue weighted by molar-refractivity contribution is 5.80. The summed E-state index contributed by atoms with van der Waals surface area (Å²) < 4.78 is 25.8. The molecule has 270 valence electrons. The third-order valence-corrected chi connectivity index (χ3v) is 14.4. The van der Waals surface area contributed by atoms with E-state index in [2.05, 4.69) is 39.1 Å². The third kappa shape index (κ3) is 5.67. The molecule has 0 radical (unpaired) electrons. The Labute approximate surface area is 284 Å². The van der Waals surface area contributed by atoms with Crippen molar-refractivity contribution in [2.24, 2.45) is 46.3 Å². The second-order valence-corrected chi connectivity index (χ2v) is 17.0. The number of carbonyl (C=O) groups excluding carboxylic acids is 1. The van der Waals surface area contributed by atoms with Crippen molar-refractivity contribution in [3.05, 3.63) is 11.6 Å². The largest absolute Gasteiger partial charge is 0.481 e. The normalized spacial score (nSPS) is 51.3. The van der Waals surface area contributed by atoms with Crippen LogP contribution in [-0.4, -0.2) is 94.2 Å². The van der Waals surface area contributed by atoms with Crippen molar-refractivity contribution in [1.29, 1.82) is 0 Å². The van der Waals surface area contributed by atoms with Gasteiger partial charge < -0.3 is 44.7 Å². The van der Waals surface area contributed by atoms with Crippen molar-refractivity contribution in [3.8, 4) is 0 Å². The Bertz CT molecular complexity index is 1270. The molecule has 7 aliphatic rings. The van der Waals surface area contributed by atoms with Crippen LogP contribution in [0.1, 0.15) is 98.3 Å². The molecule has 11 nitrogen and oxygen atoms in total. The average Bonchev–Trinajstić information content (AvgIpc) is 3.50. The highest BCUT2D eigenvalue weighted by Crippen LogP contribution is 2.70. The molecule has 6 fully saturated rings. The minimum Gasteiger partial charge on any atom is -0.481 e. The van der Waals surface area contributed by atoms with Crippen LogP contribution in [0.15, 0.2) is 11.6 Å². The number of hydrogen-bond donors (Lipinski definition) is 5. The monoisotopic (exact) mass is 675 g/mol. The fraction of sp³-hybridized carbons (Fsp3) is 0.892. The number of carboxylic acid groups (broad SMARTS) is 1. The van der Waals surface area contributed by atoms with Crippen LogP contribution in [0.3, 0.4) is 0 Å². The molecule has 0 unspecified atom stereocenters. The van der Waals surface area contributed by atoms with Crippen molar-refractivity contribution >= 4 is 11.9 Å². The molecule has 0 aromatic rings. The number of nitrogens with one attached hydrogen (secondary N) is 1. The van der Waals surface area contributed by atoms with E-state index < -0.39 is 54.9 Å². The third-order valence-electron chi connectivity index (χ3n) is 14.4. The second kappa shape index (κ2) is 12.9. The zero-order chi connectivity index (χ0) is 34.2. The Morgan fingerprint density at radius 3 is 2.54 bits per heavy atom. The molecular weight excluding hydrogens is 618 g/mol. The number of allylic oxidation sites excluding steroid dienone is 1. The first kappa shape index (κ1) is 34.8. The quantitative estimate of drug-likeness (QED) is 0.252. The lowest BCUT2D eigenvalue weighted by atomic mass is 9.47. The molecule has 48 heavy (non-hydrogen) atoms. The van der Waals surface area contributed by atoms with Gasteiger partial charge in [0, 0.05) is 18.8 Å². The van der Waals surface area contributed by atoms with Gasteiger partial charge in [-0.15, -0.1) is 0 Å². The summed E-state index contributed by atoms with van der Waals surface area (Å²) in [7, 11) is 0. The van der Waals surface area contributed by atoms with Crippen molar-refractivity contribution in [2.45, 2.75) is 147 Å². The van der Waals surface area contributed by atoms with Crippen LogP contribution in [0.25, 0.3) is 0 Å². The van der Waals surface area contributed by atoms with E-state index >= 15 is 0 Å². The minimum absolute atomic E-state index is 0.0688. The van der Waals surface area contributed by atoms with Crippen LogP contribution < -0.4 is 5.32 Å². The summed E-state index contributed by atoms with van der Waals surface area (Å²) in [6.07, 6.45) is 6.05. The Hall–Kier alpha value is -1.60. The van der Waals surface area contributed by atoms with Gasteiger partial charge in [0.25, 0.3) is 0 Å². The van der Waals surface area contributed by atoms with Crippen molar-refractivity contribution in [1.82, 2.24) is 5.32 Å². The van der Waals surface area contributed by atoms with Gasteiger partial charge in [0.15, 0.2) is 12.1 Å². The zero-order valence-corrected chi connectivity index (χ0v) is 29.0. The van der Waals surface area contributed by atoms with Crippen LogP contribution in [-0.2, 0) is 28.5 Å². The molecule has 0 bridgehead atoms. The summed E-state index contributed by atoms with van der Waals surface area (Å²) in [5.41, 5.74) is 1.73. The van der Waals surface area contributed by atoms with Gasteiger partial charge in [-0.1, -0.05) is 39.3 Å². The number of carboxylic acids is 1. The number of aliphatic hydroxyl groups is 3. The number of aliphatic hydroxyl groups excluding tert-OH is 3. The number of hydrogen-bond acceptors (Lipinski definition) is 9. The summed E-state index contributed by atoms with van der Waals surface area (Å²) in [6.45, 7) is 9.94. The maximum absolute atomic E-state index is 12.5. The van der Waals surface area contributed by atoms with Gasteiger partial charge >= 0.3 is 5.97 Å². The number of rotatable bonds is 7. The molecule has 3 saturated carbocycles. The predicted octanol–water partition coefficient (Wildman–Crippen LogP) is 3.53. The van der Waals surface area contributed by atoms with Crippen molar-refractivity contribution < 1.29 is 49.0 Å². The van der Waals surface area contributed by atoms with E-state index in [-0.39, 0.29) is 35.9 Å². The summed E-state index contributed by atoms with van der Waals surface area (Å²) in [5.74, 6) is 1.28. The van der Waals surface area contributed by atoms with E-state index in [1.165, 1.54) is 24.8 Å². The maximum atomic E-state index is 12.5. The molecule has 3 heterocycles. The molecule has 0 aromatic heterocycles. The molecule has 16 atom stereocenters. The SMILES string of the molecule is C[C@@H]1CC[C@@]2(OC1)O[C@H]1C[C@H]3[C@@H]4CC=C5C[C@@H](O[C@@H]6O[C@H](CO)[C@@H](O)[C@H](O)[C@H]6NC(=O)CCC(=O)O)CC[C@]5(C)[C@H]4CC[C@]3(C)[C@H]1[C@@H]2C. The Morgan fingerprint density at radius 1 is 1.04 bits per heavy atom. The standard InChI is InChI=1S/C37H57NO10/c1-19-9-14-37(45-18-19)20(2)30-26(48-37)16-25-23-6-5-21-15-22(10-12-35(21,3)24(23)11-13-36(25,30)4)46-34-31(38-28(40)7-8-29(41)42)33(44)32(43)27(17-39)47-34/h5,19-20,22-27,30-34,39,43-44H,6-18H2,1-4H3,(H,38,40)(H,41,42)/t19-,20+,22+,23-,24+,25+,26+,27-,30+,31-,32-,33-,34-,35+,36+,37-/m1/s1. The zero-order valence-electron chi connectivity index (χ0n) is 29.0. The van der Waals surface area contributed by atoms with Gasteiger partial charge in [-0.3, -0.25) is 9.59 Å². The smallest absolute Gasteiger partial charge is 0.303 e. The second-order valence-electron chi connectivity index (χ2n) is 17.0. The fourth-order valence-corrected chi connectivity index (χ4v) is 11.8. The number of fused-ring (bicyclic) bond motifs is 7. The van der Waals surface area contributed by atoms with Crippen LogP contribution in [0.5, 0.6) is 0 Å². The first-order valence-corrected chi connectivity index (χ1v) is 18.6. The van der Waals surface area contributed by atoms with E-state index in [4.69, 9.17) is 24.1 Å². The molecule has 1 spiro atoms. The number of amides is 1. The van der Waals surface area contributed by atoms with Gasteiger partial charge in [0.05, 0.1) is 31.8 Å². The Morgan fingerprint density at radius 2 is 1.83 bits per heavy atom. The van der Waals surface area contributed by atoms with Crippen LogP contribution >= 0.6 is 0 Å². The lowest BCUT2D eigenvalue weighted by Crippen LogP contribution is -2.65. The van der Waals surface area contributed by atoms with Crippen molar-refractivity contribution in [3.63, 3.8) is 0 Å². The van der Waals surface area contributed by atoms with E-state index in [1.807, 2.05) is 0 Å². The molecule has 7 rings (SSSR count). The van der Waals surface area contributed by atoms with Crippen molar-refractivity contribution in [2.75, 3.05) is 13.2 Å². The molecule has 4 aliphatic carbocycles.